The van der Waals surface area contributed by atoms with Crippen LogP contribution < -0.4 is 5.32 Å². The lowest BCUT2D eigenvalue weighted by atomic mass is 9.89. The van der Waals surface area contributed by atoms with Crippen LogP contribution in [-0.2, 0) is 22.4 Å². The number of rotatable bonds is 5. The summed E-state index contributed by atoms with van der Waals surface area (Å²) in [6, 6.07) is 11.3. The van der Waals surface area contributed by atoms with Gasteiger partial charge in [0.2, 0.25) is 0 Å². The number of benzene rings is 2. The van der Waals surface area contributed by atoms with Crippen LogP contribution in [0.1, 0.15) is 64.2 Å². The van der Waals surface area contributed by atoms with Crippen molar-refractivity contribution in [2.75, 3.05) is 6.61 Å². The largest absolute Gasteiger partial charge is 0.452 e. The molecule has 1 atom stereocenters. The Morgan fingerprint density at radius 2 is 1.68 bits per heavy atom. The zero-order chi connectivity index (χ0) is 22.0. The average molecular weight is 418 g/mol. The van der Waals surface area contributed by atoms with Crippen LogP contribution in [-0.4, -0.2) is 28.5 Å². The van der Waals surface area contributed by atoms with Crippen molar-refractivity contribution >= 4 is 22.9 Å². The molecule has 1 heterocycles. The van der Waals surface area contributed by atoms with Crippen LogP contribution in [0.3, 0.4) is 0 Å². The lowest BCUT2D eigenvalue weighted by Crippen LogP contribution is -2.31. The number of hydrogen-bond acceptors (Lipinski definition) is 5. The van der Waals surface area contributed by atoms with Crippen molar-refractivity contribution in [2.45, 2.75) is 52.5 Å². The number of fused-ring (bicyclic) bond motifs is 2. The van der Waals surface area contributed by atoms with Gasteiger partial charge in [0, 0.05) is 0 Å². The Balaban J connectivity index is 1.35. The summed E-state index contributed by atoms with van der Waals surface area (Å²) in [4.78, 5) is 33.7. The second-order valence-electron chi connectivity index (χ2n) is 8.20. The van der Waals surface area contributed by atoms with Gasteiger partial charge in [0.1, 0.15) is 0 Å². The van der Waals surface area contributed by atoms with Crippen molar-refractivity contribution < 1.29 is 14.3 Å². The van der Waals surface area contributed by atoms with Crippen molar-refractivity contribution in [1.82, 2.24) is 15.3 Å². The average Bonchev–Trinajstić information content (AvgIpc) is 2.77. The topological polar surface area (TPSA) is 81.2 Å². The fraction of sp³-hybridized carbons (Fsp3) is 0.360. The van der Waals surface area contributed by atoms with Gasteiger partial charge in [-0.1, -0.05) is 18.2 Å². The summed E-state index contributed by atoms with van der Waals surface area (Å²) in [5.74, 6) is -0.885. The molecule has 1 N–H and O–H groups in total. The van der Waals surface area contributed by atoms with Crippen LogP contribution in [0, 0.1) is 13.8 Å². The van der Waals surface area contributed by atoms with Crippen molar-refractivity contribution in [2.24, 2.45) is 0 Å². The Morgan fingerprint density at radius 1 is 0.968 bits per heavy atom. The minimum absolute atomic E-state index is 0.152. The molecule has 0 saturated heterocycles. The van der Waals surface area contributed by atoms with Gasteiger partial charge in [0.05, 0.1) is 34.0 Å². The molecule has 160 valence electrons. The fourth-order valence-corrected chi connectivity index (χ4v) is 3.96. The third kappa shape index (κ3) is 4.74. The quantitative estimate of drug-likeness (QED) is 0.631. The van der Waals surface area contributed by atoms with Crippen LogP contribution in [0.25, 0.3) is 11.0 Å². The normalized spacial score (nSPS) is 14.0. The van der Waals surface area contributed by atoms with E-state index in [0.29, 0.717) is 11.1 Å². The molecule has 0 unspecified atom stereocenters. The molecule has 6 heteroatoms. The molecule has 0 aliphatic heterocycles. The van der Waals surface area contributed by atoms with Crippen LogP contribution in [0.4, 0.5) is 0 Å². The second kappa shape index (κ2) is 8.84. The van der Waals surface area contributed by atoms with Gasteiger partial charge in [-0.25, -0.2) is 14.8 Å². The highest BCUT2D eigenvalue weighted by Gasteiger charge is 2.16. The standard InChI is InChI=1S/C25H27N3O3/c1-15-16(2)27-23-13-21(10-11-22(23)26-15)25(30)31-14-24(29)28-17(3)19-9-8-18-6-4-5-7-20(18)12-19/h8-13,17H,4-7,14H2,1-3H3,(H,28,29)/t17-/m0/s1. The second-order valence-corrected chi connectivity index (χ2v) is 8.20. The van der Waals surface area contributed by atoms with Gasteiger partial charge in [0.25, 0.3) is 5.91 Å². The molecule has 6 nitrogen and oxygen atoms in total. The molecular formula is C25H27N3O3. The Bertz CT molecular complexity index is 1160. The number of nitrogens with one attached hydrogen (secondary N) is 1. The Morgan fingerprint density at radius 3 is 2.45 bits per heavy atom. The first-order chi connectivity index (χ1) is 14.9. The van der Waals surface area contributed by atoms with Crippen LogP contribution in [0.2, 0.25) is 0 Å². The maximum absolute atomic E-state index is 12.4. The molecule has 1 aliphatic rings. The van der Waals surface area contributed by atoms with Gasteiger partial charge in [-0.2, -0.15) is 0 Å². The van der Waals surface area contributed by atoms with E-state index in [-0.39, 0.29) is 18.6 Å². The Labute approximate surface area is 182 Å². The van der Waals surface area contributed by atoms with E-state index in [1.54, 1.807) is 18.2 Å². The van der Waals surface area contributed by atoms with E-state index in [2.05, 4.69) is 33.5 Å². The number of aryl methyl sites for hydroxylation is 4. The van der Waals surface area contributed by atoms with Crippen molar-refractivity contribution in [3.8, 4) is 0 Å². The third-order valence-electron chi connectivity index (χ3n) is 5.90. The SMILES string of the molecule is Cc1nc2ccc(C(=O)OCC(=O)N[C@@H](C)c3ccc4c(c3)CCCC4)cc2nc1C. The highest BCUT2D eigenvalue weighted by atomic mass is 16.5. The van der Waals surface area contributed by atoms with E-state index in [9.17, 15) is 9.59 Å². The van der Waals surface area contributed by atoms with E-state index in [4.69, 9.17) is 4.74 Å². The smallest absolute Gasteiger partial charge is 0.338 e. The molecule has 1 amide bonds. The monoisotopic (exact) mass is 417 g/mol. The molecule has 2 aromatic carbocycles. The molecule has 0 spiro atoms. The zero-order valence-electron chi connectivity index (χ0n) is 18.2. The van der Waals surface area contributed by atoms with Crippen LogP contribution in [0.15, 0.2) is 36.4 Å². The van der Waals surface area contributed by atoms with Gasteiger partial charge in [-0.15, -0.1) is 0 Å². The maximum atomic E-state index is 12.4. The molecule has 4 rings (SSSR count). The summed E-state index contributed by atoms with van der Waals surface area (Å²) < 4.78 is 5.22. The van der Waals surface area contributed by atoms with E-state index in [1.165, 1.54) is 24.0 Å². The highest BCUT2D eigenvalue weighted by molar-refractivity contribution is 5.94. The number of amides is 1. The molecule has 0 fully saturated rings. The fourth-order valence-electron chi connectivity index (χ4n) is 3.96. The Hall–Kier alpha value is -3.28. The minimum Gasteiger partial charge on any atom is -0.452 e. The first kappa shape index (κ1) is 21.0. The summed E-state index contributed by atoms with van der Waals surface area (Å²) in [5, 5.41) is 2.91. The molecule has 0 saturated carbocycles. The molecule has 3 aromatic rings. The summed E-state index contributed by atoms with van der Waals surface area (Å²) in [7, 11) is 0. The van der Waals surface area contributed by atoms with Crippen LogP contribution in [0.5, 0.6) is 0 Å². The zero-order valence-corrected chi connectivity index (χ0v) is 18.2. The molecule has 31 heavy (non-hydrogen) atoms. The summed E-state index contributed by atoms with van der Waals surface area (Å²) in [6.07, 6.45) is 4.68. The lowest BCUT2D eigenvalue weighted by Gasteiger charge is -2.20. The van der Waals surface area contributed by atoms with E-state index < -0.39 is 5.97 Å². The van der Waals surface area contributed by atoms with Gasteiger partial charge in [0.15, 0.2) is 6.61 Å². The first-order valence-electron chi connectivity index (χ1n) is 10.7. The number of nitrogens with zero attached hydrogens (tertiary/aromatic N) is 2. The molecule has 1 aliphatic carbocycles. The number of carbonyl (C=O) groups excluding carboxylic acids is 2. The lowest BCUT2D eigenvalue weighted by molar-refractivity contribution is -0.124. The minimum atomic E-state index is -0.557. The number of ether oxygens (including phenoxy) is 1. The van der Waals surface area contributed by atoms with E-state index >= 15 is 0 Å². The van der Waals surface area contributed by atoms with Gasteiger partial charge < -0.3 is 10.1 Å². The first-order valence-corrected chi connectivity index (χ1v) is 10.7. The number of hydrogen-bond donors (Lipinski definition) is 1. The molecule has 0 radical (unpaired) electrons. The van der Waals surface area contributed by atoms with Gasteiger partial charge in [-0.3, -0.25) is 4.79 Å². The molecule has 0 bridgehead atoms. The predicted molar refractivity (Wildman–Crippen MR) is 119 cm³/mol. The Kier molecular flexibility index (Phi) is 5.98. The van der Waals surface area contributed by atoms with Crippen molar-refractivity contribution in [3.05, 3.63) is 70.0 Å². The highest BCUT2D eigenvalue weighted by Crippen LogP contribution is 2.24. The molecular weight excluding hydrogens is 390 g/mol. The predicted octanol–water partition coefficient (Wildman–Crippen LogP) is 4.16. The number of carbonyl (C=O) groups is 2. The van der Waals surface area contributed by atoms with Gasteiger partial charge >= 0.3 is 5.97 Å². The van der Waals surface area contributed by atoms with Gasteiger partial charge in [-0.05, 0) is 81.3 Å². The molecule has 1 aromatic heterocycles. The summed E-state index contributed by atoms with van der Waals surface area (Å²) >= 11 is 0. The number of esters is 1. The van der Waals surface area contributed by atoms with Crippen molar-refractivity contribution in [3.63, 3.8) is 0 Å². The summed E-state index contributed by atoms with van der Waals surface area (Å²) in [5.41, 5.74) is 7.22. The van der Waals surface area contributed by atoms with Crippen LogP contribution >= 0.6 is 0 Å². The maximum Gasteiger partial charge on any atom is 0.338 e. The summed E-state index contributed by atoms with van der Waals surface area (Å²) in [6.45, 7) is 5.38. The van der Waals surface area contributed by atoms with Crippen molar-refractivity contribution in [1.29, 1.82) is 0 Å². The van der Waals surface area contributed by atoms with E-state index in [1.807, 2.05) is 20.8 Å². The third-order valence-corrected chi connectivity index (χ3v) is 5.90. The number of aromatic nitrogens is 2. The van der Waals surface area contributed by atoms with E-state index in [0.717, 1.165) is 35.3 Å².